The van der Waals surface area contributed by atoms with Crippen molar-refractivity contribution in [2.45, 2.75) is 26.3 Å². The van der Waals surface area contributed by atoms with E-state index >= 15 is 0 Å². The van der Waals surface area contributed by atoms with Gasteiger partial charge in [0, 0.05) is 18.7 Å². The molecule has 0 spiro atoms. The first-order valence-electron chi connectivity index (χ1n) is 3.08. The minimum absolute atomic E-state index is 0.0240. The molecule has 1 unspecified atom stereocenters. The van der Waals surface area contributed by atoms with Crippen LogP contribution in [-0.4, -0.2) is 17.7 Å². The maximum atomic E-state index is 10.4. The summed E-state index contributed by atoms with van der Waals surface area (Å²) in [7, 11) is 0. The van der Waals surface area contributed by atoms with E-state index in [2.05, 4.69) is 17.9 Å². The zero-order valence-electron chi connectivity index (χ0n) is 5.85. The summed E-state index contributed by atoms with van der Waals surface area (Å²) in [5.41, 5.74) is 0. The van der Waals surface area contributed by atoms with Crippen LogP contribution in [0.5, 0.6) is 0 Å². The van der Waals surface area contributed by atoms with Gasteiger partial charge in [0.2, 0.25) is 5.91 Å². The number of rotatable bonds is 3. The second-order valence-corrected chi connectivity index (χ2v) is 2.35. The van der Waals surface area contributed by atoms with Gasteiger partial charge in [-0.3, -0.25) is 4.79 Å². The summed E-state index contributed by atoms with van der Waals surface area (Å²) >= 11 is 4.06. The Balaban J connectivity index is 3.43. The van der Waals surface area contributed by atoms with Crippen LogP contribution < -0.4 is 5.32 Å². The summed E-state index contributed by atoms with van der Waals surface area (Å²) in [6.45, 7) is 3.54. The maximum Gasteiger partial charge on any atom is 0.217 e. The Morgan fingerprint density at radius 3 is 2.44 bits per heavy atom. The molecule has 0 aliphatic carbocycles. The van der Waals surface area contributed by atoms with Crippen molar-refractivity contribution in [1.29, 1.82) is 0 Å². The molecule has 1 atom stereocenters. The Morgan fingerprint density at radius 2 is 2.33 bits per heavy atom. The third-order valence-corrected chi connectivity index (χ3v) is 1.56. The SMILES string of the molecule is CCC(CS)NC(C)=O. The van der Waals surface area contributed by atoms with Gasteiger partial charge in [-0.05, 0) is 6.42 Å². The number of hydrogen-bond donors (Lipinski definition) is 2. The molecule has 0 fully saturated rings. The van der Waals surface area contributed by atoms with Gasteiger partial charge in [-0.15, -0.1) is 0 Å². The van der Waals surface area contributed by atoms with E-state index < -0.39 is 0 Å². The molecule has 0 aliphatic heterocycles. The van der Waals surface area contributed by atoms with Gasteiger partial charge in [-0.25, -0.2) is 0 Å². The Morgan fingerprint density at radius 1 is 1.78 bits per heavy atom. The fourth-order valence-corrected chi connectivity index (χ4v) is 0.914. The molecule has 1 amide bonds. The molecule has 0 radical (unpaired) electrons. The fraction of sp³-hybridized carbons (Fsp3) is 0.833. The average molecular weight is 147 g/mol. The zero-order chi connectivity index (χ0) is 7.28. The summed E-state index contributed by atoms with van der Waals surface area (Å²) in [6, 6.07) is 0.242. The summed E-state index contributed by atoms with van der Waals surface area (Å²) in [5.74, 6) is 0.742. The number of nitrogens with one attached hydrogen (secondary N) is 1. The number of thiol groups is 1. The minimum Gasteiger partial charge on any atom is -0.353 e. The van der Waals surface area contributed by atoms with Gasteiger partial charge in [-0.1, -0.05) is 6.92 Å². The van der Waals surface area contributed by atoms with Crippen LogP contribution >= 0.6 is 12.6 Å². The summed E-state index contributed by atoms with van der Waals surface area (Å²) in [5, 5.41) is 2.76. The molecule has 1 N–H and O–H groups in total. The van der Waals surface area contributed by atoms with Crippen LogP contribution in [0.3, 0.4) is 0 Å². The Kier molecular flexibility index (Phi) is 4.58. The van der Waals surface area contributed by atoms with E-state index in [1.807, 2.05) is 6.92 Å². The molecular weight excluding hydrogens is 134 g/mol. The minimum atomic E-state index is 0.0240. The quantitative estimate of drug-likeness (QED) is 0.569. The second kappa shape index (κ2) is 4.68. The first-order chi connectivity index (χ1) is 4.20. The highest BCUT2D eigenvalue weighted by Gasteiger charge is 2.02. The molecule has 0 aromatic rings. The van der Waals surface area contributed by atoms with Crippen LogP contribution in [0.2, 0.25) is 0 Å². The topological polar surface area (TPSA) is 29.1 Å². The molecule has 9 heavy (non-hydrogen) atoms. The van der Waals surface area contributed by atoms with Gasteiger partial charge < -0.3 is 5.32 Å². The van der Waals surface area contributed by atoms with Gasteiger partial charge >= 0.3 is 0 Å². The molecule has 0 bridgehead atoms. The number of hydrogen-bond acceptors (Lipinski definition) is 2. The smallest absolute Gasteiger partial charge is 0.217 e. The van der Waals surface area contributed by atoms with Crippen LogP contribution in [0.4, 0.5) is 0 Å². The van der Waals surface area contributed by atoms with Gasteiger partial charge in [0.05, 0.1) is 0 Å². The van der Waals surface area contributed by atoms with Gasteiger partial charge in [0.15, 0.2) is 0 Å². The lowest BCUT2D eigenvalue weighted by molar-refractivity contribution is -0.119. The van der Waals surface area contributed by atoms with Crippen molar-refractivity contribution in [2.24, 2.45) is 0 Å². The van der Waals surface area contributed by atoms with Gasteiger partial charge in [0.25, 0.3) is 0 Å². The van der Waals surface area contributed by atoms with Crippen molar-refractivity contribution in [3.05, 3.63) is 0 Å². The summed E-state index contributed by atoms with van der Waals surface area (Å²) in [6.07, 6.45) is 0.948. The van der Waals surface area contributed by atoms with Crippen LogP contribution in [0.15, 0.2) is 0 Å². The molecule has 0 saturated carbocycles. The molecule has 0 aliphatic rings. The van der Waals surface area contributed by atoms with E-state index in [1.54, 1.807) is 0 Å². The normalized spacial score (nSPS) is 12.8. The Hall–Kier alpha value is -0.180. The van der Waals surface area contributed by atoms with E-state index in [4.69, 9.17) is 0 Å². The van der Waals surface area contributed by atoms with Gasteiger partial charge in [0.1, 0.15) is 0 Å². The van der Waals surface area contributed by atoms with E-state index in [0.717, 1.165) is 12.2 Å². The first kappa shape index (κ1) is 8.82. The lowest BCUT2D eigenvalue weighted by Crippen LogP contribution is -2.33. The van der Waals surface area contributed by atoms with E-state index in [0.29, 0.717) is 0 Å². The van der Waals surface area contributed by atoms with E-state index in [1.165, 1.54) is 6.92 Å². The van der Waals surface area contributed by atoms with Gasteiger partial charge in [-0.2, -0.15) is 12.6 Å². The van der Waals surface area contributed by atoms with Crippen molar-refractivity contribution in [1.82, 2.24) is 5.32 Å². The molecule has 2 nitrogen and oxygen atoms in total. The molecule has 0 rings (SSSR count). The highest BCUT2D eigenvalue weighted by molar-refractivity contribution is 7.80. The monoisotopic (exact) mass is 147 g/mol. The lowest BCUT2D eigenvalue weighted by atomic mass is 10.2. The maximum absolute atomic E-state index is 10.4. The zero-order valence-corrected chi connectivity index (χ0v) is 6.74. The molecule has 0 aromatic carbocycles. The van der Waals surface area contributed by atoms with Crippen molar-refractivity contribution in [2.75, 3.05) is 5.75 Å². The Bertz CT molecular complexity index is 91.1. The molecule has 54 valence electrons. The third kappa shape index (κ3) is 4.33. The van der Waals surface area contributed by atoms with E-state index in [-0.39, 0.29) is 11.9 Å². The van der Waals surface area contributed by atoms with Crippen molar-refractivity contribution < 1.29 is 4.79 Å². The predicted octanol–water partition coefficient (Wildman–Crippen LogP) is 0.831. The highest BCUT2D eigenvalue weighted by atomic mass is 32.1. The first-order valence-corrected chi connectivity index (χ1v) is 3.72. The third-order valence-electron chi connectivity index (χ3n) is 1.12. The largest absolute Gasteiger partial charge is 0.353 e. The molecule has 0 saturated heterocycles. The predicted molar refractivity (Wildman–Crippen MR) is 41.7 cm³/mol. The van der Waals surface area contributed by atoms with Crippen LogP contribution in [-0.2, 0) is 4.79 Å². The van der Waals surface area contributed by atoms with Crippen molar-refractivity contribution >= 4 is 18.5 Å². The van der Waals surface area contributed by atoms with Crippen LogP contribution in [0.1, 0.15) is 20.3 Å². The summed E-state index contributed by atoms with van der Waals surface area (Å²) in [4.78, 5) is 10.4. The average Bonchev–Trinajstić information content (AvgIpc) is 1.82. The fourth-order valence-electron chi connectivity index (χ4n) is 0.564. The van der Waals surface area contributed by atoms with Crippen molar-refractivity contribution in [3.63, 3.8) is 0 Å². The number of carbonyl (C=O) groups is 1. The number of carbonyl (C=O) groups excluding carboxylic acids is 1. The molecule has 0 aromatic heterocycles. The van der Waals surface area contributed by atoms with Crippen molar-refractivity contribution in [3.8, 4) is 0 Å². The highest BCUT2D eigenvalue weighted by Crippen LogP contribution is 1.92. The second-order valence-electron chi connectivity index (χ2n) is 1.99. The summed E-state index contributed by atoms with van der Waals surface area (Å²) < 4.78 is 0. The van der Waals surface area contributed by atoms with E-state index in [9.17, 15) is 4.79 Å². The Labute approximate surface area is 61.4 Å². The number of amides is 1. The standard InChI is InChI=1S/C6H13NOS/c1-3-6(4-9)7-5(2)8/h6,9H,3-4H2,1-2H3,(H,7,8). The van der Waals surface area contributed by atoms with Crippen LogP contribution in [0, 0.1) is 0 Å². The molecule has 3 heteroatoms. The molecule has 0 heterocycles. The lowest BCUT2D eigenvalue weighted by Gasteiger charge is -2.11. The molecular formula is C6H13NOS. The van der Waals surface area contributed by atoms with Crippen LogP contribution in [0.25, 0.3) is 0 Å².